The van der Waals surface area contributed by atoms with Crippen LogP contribution in [0.3, 0.4) is 0 Å². The zero-order chi connectivity index (χ0) is 10.9. The lowest BCUT2D eigenvalue weighted by atomic mass is 10.1. The van der Waals surface area contributed by atoms with Crippen LogP contribution < -0.4 is 5.32 Å². The second kappa shape index (κ2) is 4.06. The van der Waals surface area contributed by atoms with E-state index in [2.05, 4.69) is 5.32 Å². The third kappa shape index (κ3) is 2.84. The minimum Gasteiger partial charge on any atom is -0.350 e. The van der Waals surface area contributed by atoms with Crippen molar-refractivity contribution in [2.45, 2.75) is 19.9 Å². The van der Waals surface area contributed by atoms with Crippen LogP contribution in [-0.2, 0) is 4.79 Å². The van der Waals surface area contributed by atoms with Gasteiger partial charge in [0.15, 0.2) is 0 Å². The molecule has 0 aliphatic carbocycles. The maximum absolute atomic E-state index is 11.3. The van der Waals surface area contributed by atoms with Crippen molar-refractivity contribution in [3.8, 4) is 0 Å². The van der Waals surface area contributed by atoms with Gasteiger partial charge in [0.1, 0.15) is 0 Å². The number of amides is 1. The number of carbonyl (C=O) groups excluding carboxylic acids is 1. The molecule has 84 valence electrons. The summed E-state index contributed by atoms with van der Waals surface area (Å²) in [5.74, 6) is -0.00623. The molecule has 0 spiro atoms. The van der Waals surface area contributed by atoms with Crippen molar-refractivity contribution in [2.24, 2.45) is 5.92 Å². The molecule has 1 rings (SSSR count). The molecule has 14 heavy (non-hydrogen) atoms. The van der Waals surface area contributed by atoms with E-state index in [1.54, 1.807) is 4.31 Å². The standard InChI is InChI=1S/C8H18N2O3S/c1-6(2)8(11)9-7-4-10(5-7)14(3,12)13/h6-7,12-13H,4-5H2,1-3H3,(H,9,11). The van der Waals surface area contributed by atoms with Crippen LogP contribution in [0.2, 0.25) is 0 Å². The monoisotopic (exact) mass is 222 g/mol. The molecule has 1 saturated heterocycles. The smallest absolute Gasteiger partial charge is 0.222 e. The summed E-state index contributed by atoms with van der Waals surface area (Å²) in [6, 6.07) is 0.0658. The molecule has 1 heterocycles. The Labute approximate surface area is 86.0 Å². The number of hydrogen-bond acceptors (Lipinski definition) is 4. The lowest BCUT2D eigenvalue weighted by Crippen LogP contribution is -2.59. The summed E-state index contributed by atoms with van der Waals surface area (Å²) >= 11 is 0. The van der Waals surface area contributed by atoms with E-state index in [-0.39, 0.29) is 17.9 Å². The average Bonchev–Trinajstić information content (AvgIpc) is 1.92. The van der Waals surface area contributed by atoms with Gasteiger partial charge in [0.05, 0.1) is 6.04 Å². The highest BCUT2D eigenvalue weighted by molar-refractivity contribution is 8.21. The fourth-order valence-corrected chi connectivity index (χ4v) is 2.10. The largest absolute Gasteiger partial charge is 0.350 e. The van der Waals surface area contributed by atoms with Gasteiger partial charge >= 0.3 is 0 Å². The van der Waals surface area contributed by atoms with Gasteiger partial charge in [-0.05, 0) is 0 Å². The van der Waals surface area contributed by atoms with Crippen molar-refractivity contribution >= 4 is 16.7 Å². The van der Waals surface area contributed by atoms with Gasteiger partial charge in [-0.15, -0.1) is 10.8 Å². The molecule has 3 N–H and O–H groups in total. The summed E-state index contributed by atoms with van der Waals surface area (Å²) in [6.45, 7) is 4.72. The van der Waals surface area contributed by atoms with Crippen LogP contribution in [0, 0.1) is 5.92 Å². The molecule has 1 aliphatic rings. The highest BCUT2D eigenvalue weighted by Gasteiger charge is 2.34. The van der Waals surface area contributed by atoms with Gasteiger partial charge in [-0.1, -0.05) is 13.8 Å². The molecule has 1 aliphatic heterocycles. The SMILES string of the molecule is CC(C)C(=O)NC1CN(S(C)(O)O)C1. The van der Waals surface area contributed by atoms with Crippen LogP contribution in [0.1, 0.15) is 13.8 Å². The quantitative estimate of drug-likeness (QED) is 0.658. The molecular formula is C8H18N2O3S. The molecule has 5 nitrogen and oxygen atoms in total. The van der Waals surface area contributed by atoms with E-state index in [0.717, 1.165) is 0 Å². The molecule has 0 saturated carbocycles. The first-order valence-corrected chi connectivity index (χ1v) is 6.50. The Morgan fingerprint density at radius 3 is 2.36 bits per heavy atom. The second-order valence-corrected chi connectivity index (χ2v) is 6.10. The predicted molar refractivity (Wildman–Crippen MR) is 57.1 cm³/mol. The van der Waals surface area contributed by atoms with Crippen molar-refractivity contribution in [1.82, 2.24) is 9.62 Å². The Morgan fingerprint density at radius 2 is 2.00 bits per heavy atom. The summed E-state index contributed by atoms with van der Waals surface area (Å²) < 4.78 is 20.1. The number of rotatable bonds is 3. The number of nitrogens with zero attached hydrogens (tertiary/aromatic N) is 1. The Hall–Kier alpha value is -0.300. The summed E-state index contributed by atoms with van der Waals surface area (Å²) in [5.41, 5.74) is 0. The normalized spacial score (nSPS) is 20.7. The fraction of sp³-hybridized carbons (Fsp3) is 0.875. The van der Waals surface area contributed by atoms with Gasteiger partial charge in [0.2, 0.25) is 5.91 Å². The molecular weight excluding hydrogens is 204 g/mol. The first-order chi connectivity index (χ1) is 6.30. The number of carbonyl (C=O) groups is 1. The molecule has 1 fully saturated rings. The Bertz CT molecular complexity index is 221. The van der Waals surface area contributed by atoms with E-state index in [4.69, 9.17) is 0 Å². The minimum absolute atomic E-state index is 0.0160. The highest BCUT2D eigenvalue weighted by Crippen LogP contribution is 2.42. The van der Waals surface area contributed by atoms with Crippen molar-refractivity contribution in [1.29, 1.82) is 0 Å². The first kappa shape index (κ1) is 11.8. The molecule has 0 radical (unpaired) electrons. The van der Waals surface area contributed by atoms with Gasteiger partial charge < -0.3 is 5.32 Å². The van der Waals surface area contributed by atoms with Crippen LogP contribution in [-0.4, -0.2) is 44.7 Å². The Morgan fingerprint density at radius 1 is 1.50 bits per heavy atom. The van der Waals surface area contributed by atoms with Gasteiger partial charge in [-0.3, -0.25) is 13.9 Å². The van der Waals surface area contributed by atoms with Gasteiger partial charge in [-0.2, -0.15) is 0 Å². The highest BCUT2D eigenvalue weighted by atomic mass is 32.3. The zero-order valence-electron chi connectivity index (χ0n) is 8.73. The third-order valence-corrected chi connectivity index (χ3v) is 3.48. The topological polar surface area (TPSA) is 72.8 Å². The van der Waals surface area contributed by atoms with Crippen molar-refractivity contribution in [3.63, 3.8) is 0 Å². The lowest BCUT2D eigenvalue weighted by Gasteiger charge is -2.49. The van der Waals surface area contributed by atoms with E-state index in [1.165, 1.54) is 6.26 Å². The molecule has 0 atom stereocenters. The van der Waals surface area contributed by atoms with E-state index >= 15 is 0 Å². The summed E-state index contributed by atoms with van der Waals surface area (Å²) in [6.07, 6.45) is 1.40. The van der Waals surface area contributed by atoms with E-state index in [0.29, 0.717) is 13.1 Å². The van der Waals surface area contributed by atoms with Crippen LogP contribution in [0.25, 0.3) is 0 Å². The lowest BCUT2D eigenvalue weighted by molar-refractivity contribution is -0.125. The zero-order valence-corrected chi connectivity index (χ0v) is 9.54. The molecule has 0 bridgehead atoms. The summed E-state index contributed by atoms with van der Waals surface area (Å²) in [4.78, 5) is 11.3. The van der Waals surface area contributed by atoms with Crippen molar-refractivity contribution in [3.05, 3.63) is 0 Å². The molecule has 0 aromatic rings. The van der Waals surface area contributed by atoms with Crippen LogP contribution in [0.5, 0.6) is 0 Å². The minimum atomic E-state index is -2.57. The maximum Gasteiger partial charge on any atom is 0.222 e. The number of nitrogens with one attached hydrogen (secondary N) is 1. The van der Waals surface area contributed by atoms with Crippen molar-refractivity contribution < 1.29 is 13.9 Å². The fourth-order valence-electron chi connectivity index (χ4n) is 1.18. The van der Waals surface area contributed by atoms with Gasteiger partial charge in [-0.25, -0.2) is 4.31 Å². The van der Waals surface area contributed by atoms with Crippen LogP contribution in [0.15, 0.2) is 0 Å². The molecule has 0 unspecified atom stereocenters. The van der Waals surface area contributed by atoms with E-state index in [1.807, 2.05) is 13.8 Å². The predicted octanol–water partition coefficient (Wildman–Crippen LogP) is 0.738. The van der Waals surface area contributed by atoms with E-state index in [9.17, 15) is 13.9 Å². The Balaban J connectivity index is 2.26. The molecule has 0 aromatic carbocycles. The second-order valence-electron chi connectivity index (χ2n) is 4.00. The molecule has 6 heteroatoms. The first-order valence-electron chi connectivity index (χ1n) is 4.59. The Kier molecular flexibility index (Phi) is 3.41. The average molecular weight is 222 g/mol. The number of hydrogen-bond donors (Lipinski definition) is 3. The van der Waals surface area contributed by atoms with Gasteiger partial charge in [0, 0.05) is 25.3 Å². The molecule has 1 amide bonds. The van der Waals surface area contributed by atoms with Crippen LogP contribution in [0.4, 0.5) is 0 Å². The third-order valence-electron chi connectivity index (χ3n) is 2.21. The van der Waals surface area contributed by atoms with Crippen molar-refractivity contribution in [2.75, 3.05) is 19.3 Å². The maximum atomic E-state index is 11.3. The van der Waals surface area contributed by atoms with Crippen LogP contribution >= 0.6 is 10.8 Å². The van der Waals surface area contributed by atoms with Gasteiger partial charge in [0.25, 0.3) is 0 Å². The summed E-state index contributed by atoms with van der Waals surface area (Å²) in [5, 5.41) is 2.83. The van der Waals surface area contributed by atoms with E-state index < -0.39 is 10.8 Å². The molecule has 0 aromatic heterocycles. The summed E-state index contributed by atoms with van der Waals surface area (Å²) in [7, 11) is -2.57.